The zero-order chi connectivity index (χ0) is 16.0. The van der Waals surface area contributed by atoms with Crippen LogP contribution in [0, 0.1) is 0 Å². The Labute approximate surface area is 123 Å². The van der Waals surface area contributed by atoms with Gasteiger partial charge in [0.05, 0.1) is 12.2 Å². The molecule has 0 fully saturated rings. The zero-order valence-electron chi connectivity index (χ0n) is 11.8. The number of hydrogen-bond donors (Lipinski definition) is 1. The van der Waals surface area contributed by atoms with Crippen molar-refractivity contribution < 1.29 is 27.9 Å². The summed E-state index contributed by atoms with van der Waals surface area (Å²) in [5.41, 5.74) is 0.741. The second-order valence-electron chi connectivity index (χ2n) is 4.32. The van der Waals surface area contributed by atoms with E-state index in [-0.39, 0.29) is 18.7 Å². The number of carboxylic acid groups (broad SMARTS) is 1. The summed E-state index contributed by atoms with van der Waals surface area (Å²) in [4.78, 5) is 22.0. The molecule has 0 unspecified atom stereocenters. The highest BCUT2D eigenvalue weighted by molar-refractivity contribution is 7.89. The van der Waals surface area contributed by atoms with E-state index in [1.165, 1.54) is 31.3 Å². The third-order valence-electron chi connectivity index (χ3n) is 2.69. The van der Waals surface area contributed by atoms with Gasteiger partial charge in [-0.05, 0) is 24.6 Å². The third kappa shape index (κ3) is 5.16. The highest BCUT2D eigenvalue weighted by Gasteiger charge is 2.23. The minimum Gasteiger partial charge on any atom is -0.478 e. The van der Waals surface area contributed by atoms with Crippen molar-refractivity contribution in [1.82, 2.24) is 4.31 Å². The van der Waals surface area contributed by atoms with Crippen LogP contribution in [0.15, 0.2) is 24.3 Å². The average Bonchev–Trinajstić information content (AvgIpc) is 2.38. The lowest BCUT2D eigenvalue weighted by molar-refractivity contribution is -0.140. The van der Waals surface area contributed by atoms with Gasteiger partial charge in [0.25, 0.3) is 0 Å². The van der Waals surface area contributed by atoms with Gasteiger partial charge in [-0.15, -0.1) is 0 Å². The Bertz CT molecular complexity index is 608. The maximum atomic E-state index is 11.9. The molecule has 1 N–H and O–H groups in total. The molecule has 8 heteroatoms. The standard InChI is InChI=1S/C13H17NO6S/c1-3-20-12(15)9-21(18,19)14(2)8-10-4-6-11(7-5-10)13(16)17/h4-7H,3,8-9H2,1-2H3,(H,16,17). The van der Waals surface area contributed by atoms with Crippen LogP contribution in [0.2, 0.25) is 0 Å². The van der Waals surface area contributed by atoms with Gasteiger partial charge < -0.3 is 9.84 Å². The predicted octanol–water partition coefficient (Wildman–Crippen LogP) is 0.710. The lowest BCUT2D eigenvalue weighted by Gasteiger charge is -2.16. The van der Waals surface area contributed by atoms with Crippen LogP contribution in [0.1, 0.15) is 22.8 Å². The molecule has 0 saturated carbocycles. The van der Waals surface area contributed by atoms with E-state index < -0.39 is 27.7 Å². The Hall–Kier alpha value is -1.93. The van der Waals surface area contributed by atoms with Crippen LogP contribution in [-0.2, 0) is 26.1 Å². The second kappa shape index (κ2) is 7.19. The highest BCUT2D eigenvalue weighted by Crippen LogP contribution is 2.10. The number of sulfonamides is 1. The molecule has 1 aromatic carbocycles. The molecule has 0 aliphatic heterocycles. The molecular weight excluding hydrogens is 298 g/mol. The van der Waals surface area contributed by atoms with Gasteiger partial charge in [-0.1, -0.05) is 12.1 Å². The number of carboxylic acids is 1. The third-order valence-corrected chi connectivity index (χ3v) is 4.37. The van der Waals surface area contributed by atoms with Crippen LogP contribution in [0.3, 0.4) is 0 Å². The maximum absolute atomic E-state index is 11.9. The summed E-state index contributed by atoms with van der Waals surface area (Å²) in [6.07, 6.45) is 0. The van der Waals surface area contributed by atoms with Crippen molar-refractivity contribution in [3.63, 3.8) is 0 Å². The molecule has 0 radical (unpaired) electrons. The fourth-order valence-corrected chi connectivity index (χ4v) is 2.52. The van der Waals surface area contributed by atoms with Crippen molar-refractivity contribution in [2.24, 2.45) is 0 Å². The van der Waals surface area contributed by atoms with E-state index in [1.807, 2.05) is 0 Å². The fraction of sp³-hybridized carbons (Fsp3) is 0.385. The second-order valence-corrected chi connectivity index (χ2v) is 6.40. The minimum atomic E-state index is -3.76. The SMILES string of the molecule is CCOC(=O)CS(=O)(=O)N(C)Cc1ccc(C(=O)O)cc1. The highest BCUT2D eigenvalue weighted by atomic mass is 32.2. The molecule has 1 rings (SSSR count). The first-order valence-electron chi connectivity index (χ1n) is 6.18. The van der Waals surface area contributed by atoms with E-state index in [0.717, 1.165) is 4.31 Å². The number of hydrogen-bond acceptors (Lipinski definition) is 5. The maximum Gasteiger partial charge on any atom is 0.335 e. The monoisotopic (exact) mass is 315 g/mol. The van der Waals surface area contributed by atoms with Crippen molar-refractivity contribution in [2.75, 3.05) is 19.4 Å². The van der Waals surface area contributed by atoms with E-state index in [9.17, 15) is 18.0 Å². The van der Waals surface area contributed by atoms with Gasteiger partial charge in [-0.2, -0.15) is 0 Å². The Balaban J connectivity index is 2.73. The van der Waals surface area contributed by atoms with Gasteiger partial charge in [0, 0.05) is 13.6 Å². The summed E-state index contributed by atoms with van der Waals surface area (Å²) in [5, 5.41) is 8.78. The van der Waals surface area contributed by atoms with Crippen LogP contribution in [0.4, 0.5) is 0 Å². The number of rotatable bonds is 7. The van der Waals surface area contributed by atoms with Crippen LogP contribution < -0.4 is 0 Å². The Morgan fingerprint density at radius 2 is 1.81 bits per heavy atom. The Kier molecular flexibility index (Phi) is 5.86. The van der Waals surface area contributed by atoms with Gasteiger partial charge in [0.2, 0.25) is 10.0 Å². The molecule has 0 aromatic heterocycles. The lowest BCUT2D eigenvalue weighted by atomic mass is 10.1. The minimum absolute atomic E-state index is 0.0433. The summed E-state index contributed by atoms with van der Waals surface area (Å²) >= 11 is 0. The van der Waals surface area contributed by atoms with E-state index in [0.29, 0.717) is 5.56 Å². The van der Waals surface area contributed by atoms with Gasteiger partial charge in [-0.25, -0.2) is 17.5 Å². The van der Waals surface area contributed by atoms with Gasteiger partial charge in [0.1, 0.15) is 0 Å². The lowest BCUT2D eigenvalue weighted by Crippen LogP contribution is -2.32. The van der Waals surface area contributed by atoms with E-state index in [4.69, 9.17) is 5.11 Å². The molecule has 0 spiro atoms. The summed E-state index contributed by atoms with van der Waals surface area (Å²) in [6, 6.07) is 5.84. The first-order valence-corrected chi connectivity index (χ1v) is 7.79. The largest absolute Gasteiger partial charge is 0.478 e. The Morgan fingerprint density at radius 1 is 1.24 bits per heavy atom. The number of carbonyl (C=O) groups excluding carboxylic acids is 1. The summed E-state index contributed by atoms with van der Waals surface area (Å²) < 4.78 is 29.5. The molecular formula is C13H17NO6S. The Morgan fingerprint density at radius 3 is 2.29 bits per heavy atom. The van der Waals surface area contributed by atoms with Gasteiger partial charge in [-0.3, -0.25) is 4.79 Å². The van der Waals surface area contributed by atoms with Crippen molar-refractivity contribution in [1.29, 1.82) is 0 Å². The quantitative estimate of drug-likeness (QED) is 0.744. The smallest absolute Gasteiger partial charge is 0.335 e. The van der Waals surface area contributed by atoms with Crippen molar-refractivity contribution >= 4 is 22.0 Å². The number of aromatic carboxylic acids is 1. The summed E-state index contributed by atoms with van der Waals surface area (Å²) in [6.45, 7) is 1.76. The fourth-order valence-electron chi connectivity index (χ4n) is 1.57. The van der Waals surface area contributed by atoms with Crippen molar-refractivity contribution in [3.05, 3.63) is 35.4 Å². The molecule has 116 valence electrons. The first kappa shape index (κ1) is 17.1. The normalized spacial score (nSPS) is 11.4. The van der Waals surface area contributed by atoms with Gasteiger partial charge >= 0.3 is 11.9 Å². The predicted molar refractivity (Wildman–Crippen MR) is 75.3 cm³/mol. The van der Waals surface area contributed by atoms with E-state index in [2.05, 4.69) is 4.74 Å². The number of esters is 1. The van der Waals surface area contributed by atoms with Crippen LogP contribution in [-0.4, -0.2) is 49.2 Å². The molecule has 0 heterocycles. The molecule has 1 aromatic rings. The summed E-state index contributed by atoms with van der Waals surface area (Å²) in [7, 11) is -2.42. The molecule has 21 heavy (non-hydrogen) atoms. The van der Waals surface area contributed by atoms with E-state index in [1.54, 1.807) is 6.92 Å². The number of ether oxygens (including phenoxy) is 1. The number of benzene rings is 1. The van der Waals surface area contributed by atoms with Crippen LogP contribution in [0.25, 0.3) is 0 Å². The molecule has 0 amide bonds. The summed E-state index contributed by atoms with van der Waals surface area (Å²) in [5.74, 6) is -2.57. The molecule has 0 aliphatic carbocycles. The molecule has 0 atom stereocenters. The van der Waals surface area contributed by atoms with E-state index >= 15 is 0 Å². The van der Waals surface area contributed by atoms with Crippen molar-refractivity contribution in [3.8, 4) is 0 Å². The number of carbonyl (C=O) groups is 2. The molecule has 0 bridgehead atoms. The molecule has 7 nitrogen and oxygen atoms in total. The topological polar surface area (TPSA) is 101 Å². The first-order chi connectivity index (χ1) is 9.76. The molecule has 0 aliphatic rings. The average molecular weight is 315 g/mol. The van der Waals surface area contributed by atoms with Crippen LogP contribution in [0.5, 0.6) is 0 Å². The zero-order valence-corrected chi connectivity index (χ0v) is 12.6. The molecule has 0 saturated heterocycles. The number of nitrogens with zero attached hydrogens (tertiary/aromatic N) is 1. The van der Waals surface area contributed by atoms with Crippen LogP contribution >= 0.6 is 0 Å². The van der Waals surface area contributed by atoms with Gasteiger partial charge in [0.15, 0.2) is 5.75 Å². The van der Waals surface area contributed by atoms with Crippen molar-refractivity contribution in [2.45, 2.75) is 13.5 Å².